The van der Waals surface area contributed by atoms with Crippen LogP contribution >= 0.6 is 32.9 Å². The molecule has 0 radical (unpaired) electrons. The van der Waals surface area contributed by atoms with E-state index in [4.69, 9.17) is 17.0 Å². The van der Waals surface area contributed by atoms with Crippen LogP contribution in [0.25, 0.3) is 11.1 Å². The topological polar surface area (TPSA) is 29.5 Å². The van der Waals surface area contributed by atoms with Crippen molar-refractivity contribution in [1.82, 2.24) is 0 Å². The SMILES string of the molecule is CCCC(=O)N1c2ccc(OCC)cc2-c2c(ssc2=S)C1(C)C. The van der Waals surface area contributed by atoms with Gasteiger partial charge in [0.1, 0.15) is 9.57 Å². The van der Waals surface area contributed by atoms with Crippen molar-refractivity contribution in [2.75, 3.05) is 11.5 Å². The lowest BCUT2D eigenvalue weighted by Gasteiger charge is -2.43. The maximum absolute atomic E-state index is 12.9. The van der Waals surface area contributed by atoms with Gasteiger partial charge in [0, 0.05) is 17.5 Å². The van der Waals surface area contributed by atoms with Gasteiger partial charge in [-0.2, -0.15) is 0 Å². The Morgan fingerprint density at radius 2 is 2.04 bits per heavy atom. The minimum absolute atomic E-state index is 0.155. The molecule has 1 aliphatic rings. The van der Waals surface area contributed by atoms with Crippen LogP contribution in [0.15, 0.2) is 18.2 Å². The Balaban J connectivity index is 2.26. The van der Waals surface area contributed by atoms with Crippen molar-refractivity contribution in [2.24, 2.45) is 0 Å². The van der Waals surface area contributed by atoms with Crippen LogP contribution in [0.2, 0.25) is 0 Å². The highest BCUT2D eigenvalue weighted by molar-refractivity contribution is 7.80. The quantitative estimate of drug-likeness (QED) is 0.483. The Labute approximate surface area is 155 Å². The lowest BCUT2D eigenvalue weighted by atomic mass is 9.87. The van der Waals surface area contributed by atoms with Crippen molar-refractivity contribution in [3.63, 3.8) is 0 Å². The number of hydrogen-bond acceptors (Lipinski definition) is 5. The first kappa shape index (κ1) is 17.6. The van der Waals surface area contributed by atoms with Crippen molar-refractivity contribution in [3.05, 3.63) is 26.9 Å². The highest BCUT2D eigenvalue weighted by Crippen LogP contribution is 2.52. The van der Waals surface area contributed by atoms with Crippen LogP contribution in [0.5, 0.6) is 5.75 Å². The van der Waals surface area contributed by atoms with Crippen molar-refractivity contribution in [1.29, 1.82) is 0 Å². The predicted molar refractivity (Wildman–Crippen MR) is 105 cm³/mol. The molecule has 1 amide bonds. The zero-order valence-electron chi connectivity index (χ0n) is 14.3. The predicted octanol–water partition coefficient (Wildman–Crippen LogP) is 5.99. The summed E-state index contributed by atoms with van der Waals surface area (Å²) in [5.41, 5.74) is 2.66. The van der Waals surface area contributed by atoms with Crippen LogP contribution in [-0.2, 0) is 10.3 Å². The van der Waals surface area contributed by atoms with E-state index in [1.54, 1.807) is 20.7 Å². The fraction of sp³-hybridized carbons (Fsp3) is 0.444. The number of benzene rings is 1. The molecule has 1 aromatic carbocycles. The number of fused-ring (bicyclic) bond motifs is 3. The summed E-state index contributed by atoms with van der Waals surface area (Å²) in [6, 6.07) is 5.96. The molecule has 3 rings (SSSR count). The van der Waals surface area contributed by atoms with Crippen LogP contribution in [0, 0.1) is 3.82 Å². The number of carbonyl (C=O) groups is 1. The third-order valence-corrected chi connectivity index (χ3v) is 7.58. The van der Waals surface area contributed by atoms with E-state index in [1.807, 2.05) is 36.9 Å². The van der Waals surface area contributed by atoms with Gasteiger partial charge in [-0.1, -0.05) is 39.8 Å². The van der Waals surface area contributed by atoms with Crippen molar-refractivity contribution < 1.29 is 9.53 Å². The number of rotatable bonds is 4. The van der Waals surface area contributed by atoms with Gasteiger partial charge >= 0.3 is 0 Å². The standard InChI is InChI=1S/C18H21NO2S3/c1-5-7-14(20)19-13-9-8-11(21-6-2)10-12(13)15-16(18(19,3)4)23-24-17(15)22/h8-10H,5-7H2,1-4H3. The van der Waals surface area contributed by atoms with E-state index >= 15 is 0 Å². The van der Waals surface area contributed by atoms with Gasteiger partial charge in [-0.25, -0.2) is 0 Å². The summed E-state index contributed by atoms with van der Waals surface area (Å²) in [6.45, 7) is 8.83. The first-order valence-corrected chi connectivity index (χ1v) is 10.7. The molecule has 128 valence electrons. The molecule has 0 saturated carbocycles. The number of hydrogen-bond donors (Lipinski definition) is 0. The van der Waals surface area contributed by atoms with Crippen molar-refractivity contribution in [2.45, 2.75) is 46.1 Å². The first-order chi connectivity index (χ1) is 11.4. The molecule has 1 aromatic heterocycles. The molecule has 1 aliphatic heterocycles. The highest BCUT2D eigenvalue weighted by Gasteiger charge is 2.42. The second kappa shape index (κ2) is 6.58. The fourth-order valence-electron chi connectivity index (χ4n) is 3.24. The van der Waals surface area contributed by atoms with Gasteiger partial charge < -0.3 is 9.64 Å². The van der Waals surface area contributed by atoms with Gasteiger partial charge in [0.2, 0.25) is 5.91 Å². The fourth-order valence-corrected chi connectivity index (χ4v) is 6.52. The van der Waals surface area contributed by atoms with Crippen LogP contribution in [0.1, 0.15) is 45.4 Å². The average Bonchev–Trinajstić information content (AvgIpc) is 2.91. The molecular formula is C18H21NO2S3. The average molecular weight is 380 g/mol. The van der Waals surface area contributed by atoms with Gasteiger partial charge in [-0.05, 0) is 45.4 Å². The van der Waals surface area contributed by atoms with E-state index in [1.165, 1.54) is 4.88 Å². The van der Waals surface area contributed by atoms with Crippen molar-refractivity contribution in [3.8, 4) is 16.9 Å². The molecule has 0 fully saturated rings. The van der Waals surface area contributed by atoms with Crippen LogP contribution in [0.4, 0.5) is 5.69 Å². The Morgan fingerprint density at radius 3 is 2.71 bits per heavy atom. The molecular weight excluding hydrogens is 358 g/mol. The zero-order valence-corrected chi connectivity index (χ0v) is 16.8. The molecule has 0 spiro atoms. The Kier molecular flexibility index (Phi) is 4.82. The van der Waals surface area contributed by atoms with E-state index in [0.29, 0.717) is 13.0 Å². The number of carbonyl (C=O) groups excluding carboxylic acids is 1. The van der Waals surface area contributed by atoms with Crippen LogP contribution in [0.3, 0.4) is 0 Å². The Morgan fingerprint density at radius 1 is 1.29 bits per heavy atom. The summed E-state index contributed by atoms with van der Waals surface area (Å²) in [4.78, 5) is 16.0. The number of amides is 1. The van der Waals surface area contributed by atoms with E-state index < -0.39 is 0 Å². The van der Waals surface area contributed by atoms with Gasteiger partial charge in [-0.15, -0.1) is 0 Å². The Hall–Kier alpha value is -1.24. The maximum atomic E-state index is 12.9. The van der Waals surface area contributed by atoms with Gasteiger partial charge in [0.15, 0.2) is 0 Å². The second-order valence-corrected chi connectivity index (χ2v) is 9.12. The van der Waals surface area contributed by atoms with E-state index in [-0.39, 0.29) is 11.4 Å². The lowest BCUT2D eigenvalue weighted by molar-refractivity contribution is -0.119. The van der Waals surface area contributed by atoms with Crippen molar-refractivity contribution >= 4 is 44.5 Å². The summed E-state index contributed by atoms with van der Waals surface area (Å²) in [5.74, 6) is 0.971. The van der Waals surface area contributed by atoms with E-state index in [9.17, 15) is 4.79 Å². The zero-order chi connectivity index (χ0) is 17.5. The van der Waals surface area contributed by atoms with Gasteiger partial charge in [-0.3, -0.25) is 4.79 Å². The molecule has 0 aliphatic carbocycles. The summed E-state index contributed by atoms with van der Waals surface area (Å²) in [7, 11) is 3.29. The monoisotopic (exact) mass is 379 g/mol. The summed E-state index contributed by atoms with van der Waals surface area (Å²) < 4.78 is 6.56. The van der Waals surface area contributed by atoms with Crippen LogP contribution < -0.4 is 9.64 Å². The maximum Gasteiger partial charge on any atom is 0.227 e. The summed E-state index contributed by atoms with van der Waals surface area (Å²) in [5, 5.41) is 0. The normalized spacial score (nSPS) is 14.9. The smallest absolute Gasteiger partial charge is 0.227 e. The van der Waals surface area contributed by atoms with Crippen LogP contribution in [-0.4, -0.2) is 12.5 Å². The molecule has 24 heavy (non-hydrogen) atoms. The first-order valence-electron chi connectivity index (χ1n) is 8.15. The van der Waals surface area contributed by atoms with Gasteiger partial charge in [0.25, 0.3) is 0 Å². The van der Waals surface area contributed by atoms with E-state index in [2.05, 4.69) is 13.8 Å². The largest absolute Gasteiger partial charge is 0.494 e. The minimum Gasteiger partial charge on any atom is -0.494 e. The summed E-state index contributed by atoms with van der Waals surface area (Å²) >= 11 is 5.60. The molecule has 2 heterocycles. The number of nitrogens with zero attached hydrogens (tertiary/aromatic N) is 1. The number of ether oxygens (including phenoxy) is 1. The molecule has 2 aromatic rings. The molecule has 3 nitrogen and oxygen atoms in total. The lowest BCUT2D eigenvalue weighted by Crippen LogP contribution is -2.47. The summed E-state index contributed by atoms with van der Waals surface area (Å²) in [6.07, 6.45) is 1.38. The molecule has 0 atom stereocenters. The second-order valence-electron chi connectivity index (χ2n) is 6.31. The van der Waals surface area contributed by atoms with Gasteiger partial charge in [0.05, 0.1) is 22.7 Å². The third-order valence-electron chi connectivity index (χ3n) is 4.25. The molecule has 0 bridgehead atoms. The molecule has 6 heteroatoms. The number of anilines is 1. The molecule has 0 unspecified atom stereocenters. The molecule has 0 saturated heterocycles. The third kappa shape index (κ3) is 2.70. The van der Waals surface area contributed by atoms with E-state index in [0.717, 1.165) is 32.8 Å². The Bertz CT molecular complexity index is 835. The highest BCUT2D eigenvalue weighted by atomic mass is 32.9. The molecule has 0 N–H and O–H groups in total. The minimum atomic E-state index is -0.389.